The Morgan fingerprint density at radius 1 is 0.919 bits per heavy atom. The largest absolute Gasteiger partial charge is 0.407 e. The topological polar surface area (TPSA) is 71.5 Å². The second-order valence-corrected chi connectivity index (χ2v) is 17.3. The van der Waals surface area contributed by atoms with E-state index in [4.69, 9.17) is 13.9 Å². The third-order valence-corrected chi connectivity index (χ3v) is 15.2. The molecule has 0 aromatic heterocycles. The van der Waals surface area contributed by atoms with E-state index in [0.29, 0.717) is 18.4 Å². The van der Waals surface area contributed by atoms with E-state index in [-0.39, 0.29) is 36.2 Å². The van der Waals surface area contributed by atoms with Crippen LogP contribution in [0.4, 0.5) is 0 Å². The summed E-state index contributed by atoms with van der Waals surface area (Å²) in [6.07, 6.45) is 3.26. The number of epoxide rings is 1. The van der Waals surface area contributed by atoms with Gasteiger partial charge < -0.3 is 24.1 Å². The first-order chi connectivity index (χ1) is 17.7. The van der Waals surface area contributed by atoms with Crippen LogP contribution in [0.3, 0.4) is 0 Å². The maximum Gasteiger partial charge on any atom is 0.261 e. The fourth-order valence-corrected chi connectivity index (χ4v) is 13.4. The summed E-state index contributed by atoms with van der Waals surface area (Å²) in [6.45, 7) is 9.41. The minimum atomic E-state index is -2.71. The Kier molecular flexibility index (Phi) is 6.26. The lowest BCUT2D eigenvalue weighted by molar-refractivity contribution is -0.104. The van der Waals surface area contributed by atoms with Crippen LogP contribution in [0, 0.1) is 23.7 Å². The summed E-state index contributed by atoms with van der Waals surface area (Å²) in [6, 6.07) is 21.6. The number of hydrogen-bond acceptors (Lipinski definition) is 5. The predicted molar refractivity (Wildman–Crippen MR) is 146 cm³/mol. The van der Waals surface area contributed by atoms with Crippen molar-refractivity contribution in [3.05, 3.63) is 60.7 Å². The van der Waals surface area contributed by atoms with Crippen LogP contribution >= 0.6 is 0 Å². The molecule has 0 amide bonds. The van der Waals surface area contributed by atoms with Crippen molar-refractivity contribution in [2.45, 2.75) is 75.4 Å². The van der Waals surface area contributed by atoms with Gasteiger partial charge in [-0.1, -0.05) is 87.9 Å². The summed E-state index contributed by atoms with van der Waals surface area (Å²) in [5.74, 6) is 1.14. The summed E-state index contributed by atoms with van der Waals surface area (Å²) in [4.78, 5) is 0. The lowest BCUT2D eigenvalue weighted by atomic mass is 9.59. The van der Waals surface area contributed by atoms with Crippen molar-refractivity contribution in [3.8, 4) is 0 Å². The van der Waals surface area contributed by atoms with Crippen molar-refractivity contribution in [2.75, 3.05) is 19.8 Å². The van der Waals surface area contributed by atoms with Gasteiger partial charge in [0.05, 0.1) is 24.9 Å². The van der Waals surface area contributed by atoms with Crippen molar-refractivity contribution in [1.82, 2.24) is 0 Å². The van der Waals surface area contributed by atoms with Crippen molar-refractivity contribution in [3.63, 3.8) is 0 Å². The molecule has 37 heavy (non-hydrogen) atoms. The predicted octanol–water partition coefficient (Wildman–Crippen LogP) is 3.51. The molecule has 0 unspecified atom stereocenters. The van der Waals surface area contributed by atoms with E-state index >= 15 is 0 Å². The average Bonchev–Trinajstić information content (AvgIpc) is 3.33. The van der Waals surface area contributed by atoms with Crippen LogP contribution in [0.2, 0.25) is 5.04 Å². The molecule has 2 heterocycles. The van der Waals surface area contributed by atoms with Gasteiger partial charge in [-0.05, 0) is 52.9 Å². The van der Waals surface area contributed by atoms with Crippen molar-refractivity contribution >= 4 is 18.7 Å². The molecule has 5 nitrogen and oxygen atoms in total. The number of ether oxygens (including phenoxy) is 2. The molecule has 4 fully saturated rings. The molecule has 4 aliphatic rings. The Bertz CT molecular complexity index is 1060. The van der Waals surface area contributed by atoms with Gasteiger partial charge in [0.15, 0.2) is 0 Å². The van der Waals surface area contributed by atoms with Crippen molar-refractivity contribution in [1.29, 1.82) is 0 Å². The van der Waals surface area contributed by atoms with E-state index in [2.05, 4.69) is 81.4 Å². The Balaban J connectivity index is 1.44. The third-order valence-electron chi connectivity index (χ3n) is 10.2. The van der Waals surface area contributed by atoms with Gasteiger partial charge in [0.2, 0.25) is 0 Å². The fraction of sp³-hybridized carbons (Fsp3) is 0.613. The van der Waals surface area contributed by atoms with Gasteiger partial charge in [0.25, 0.3) is 8.32 Å². The second-order valence-electron chi connectivity index (χ2n) is 13.0. The van der Waals surface area contributed by atoms with Gasteiger partial charge in [-0.25, -0.2) is 0 Å². The van der Waals surface area contributed by atoms with E-state index in [1.54, 1.807) is 0 Å². The van der Waals surface area contributed by atoms with Crippen LogP contribution in [-0.4, -0.2) is 61.8 Å². The smallest absolute Gasteiger partial charge is 0.261 e. The zero-order valence-corrected chi connectivity index (χ0v) is 23.6. The number of rotatable bonds is 7. The minimum absolute atomic E-state index is 0.00952. The number of hydrogen-bond donors (Lipinski definition) is 2. The Labute approximate surface area is 222 Å². The molecular formula is C31H42O5Si. The monoisotopic (exact) mass is 522 g/mol. The maximum atomic E-state index is 10.6. The maximum absolute atomic E-state index is 10.6. The normalized spacial score (nSPS) is 38.6. The van der Waals surface area contributed by atoms with Gasteiger partial charge in [-0.3, -0.25) is 0 Å². The molecular weight excluding hydrogens is 480 g/mol. The van der Waals surface area contributed by atoms with E-state index < -0.39 is 25.6 Å². The van der Waals surface area contributed by atoms with Gasteiger partial charge in [0, 0.05) is 12.5 Å². The molecule has 2 saturated carbocycles. The molecule has 200 valence electrons. The molecule has 2 aromatic carbocycles. The van der Waals surface area contributed by atoms with E-state index in [9.17, 15) is 10.2 Å². The Hall–Kier alpha value is -1.54. The number of benzene rings is 2. The molecule has 2 N–H and O–H groups in total. The molecule has 2 aliphatic heterocycles. The zero-order valence-electron chi connectivity index (χ0n) is 22.6. The highest BCUT2D eigenvalue weighted by molar-refractivity contribution is 6.99. The van der Waals surface area contributed by atoms with E-state index in [1.807, 2.05) is 6.92 Å². The molecule has 2 saturated heterocycles. The van der Waals surface area contributed by atoms with Crippen molar-refractivity contribution in [2.24, 2.45) is 23.7 Å². The van der Waals surface area contributed by atoms with Crippen LogP contribution in [0.15, 0.2) is 60.7 Å². The number of fused-ring (bicyclic) bond motifs is 2. The minimum Gasteiger partial charge on any atom is -0.407 e. The lowest BCUT2D eigenvalue weighted by Crippen LogP contribution is -2.67. The summed E-state index contributed by atoms with van der Waals surface area (Å²) >= 11 is 0. The highest BCUT2D eigenvalue weighted by Gasteiger charge is 2.81. The zero-order chi connectivity index (χ0) is 26.1. The van der Waals surface area contributed by atoms with E-state index in [1.165, 1.54) is 16.8 Å². The lowest BCUT2D eigenvalue weighted by Gasteiger charge is -2.48. The molecule has 8 atom stereocenters. The van der Waals surface area contributed by atoms with Crippen molar-refractivity contribution < 1.29 is 24.1 Å². The first-order valence-electron chi connectivity index (χ1n) is 14.1. The quantitative estimate of drug-likeness (QED) is 0.430. The molecule has 0 radical (unpaired) electrons. The van der Waals surface area contributed by atoms with Crippen LogP contribution in [0.1, 0.15) is 47.0 Å². The van der Waals surface area contributed by atoms with Gasteiger partial charge in [-0.15, -0.1) is 0 Å². The Morgan fingerprint density at radius 3 is 2.05 bits per heavy atom. The summed E-state index contributed by atoms with van der Waals surface area (Å²) in [5, 5.41) is 23.4. The van der Waals surface area contributed by atoms with Crippen LogP contribution in [0.5, 0.6) is 0 Å². The SMILES string of the molecule is CC(C)(C)[Si](OC[C@@H]1[C@H]2CCC[C@H]2[C@@H]2O[C@]23[C@@H]1[C@](C)(CO)O[C@@H]3CO)(c1ccccc1)c1ccccc1. The second kappa shape index (κ2) is 9.00. The van der Waals surface area contributed by atoms with Crippen LogP contribution in [0.25, 0.3) is 0 Å². The van der Waals surface area contributed by atoms with Gasteiger partial charge >= 0.3 is 0 Å². The highest BCUT2D eigenvalue weighted by Crippen LogP contribution is 2.69. The standard InChI is InChI=1S/C31H42O5Si/c1-29(2,3)37(21-12-7-5-8-13-21,22-14-9-6-10-15-22)34-19-25-23-16-11-17-24(23)28-31(36-28)26(18-32)35-30(4,20-33)27(25)31/h5-10,12-15,23-28,32-33H,11,16-20H2,1-4H3/t23-,24+,25+,26+,27-,28-,30-,31+/m0/s1. The molecule has 6 heteroatoms. The first kappa shape index (κ1) is 25.7. The third kappa shape index (κ3) is 3.60. The van der Waals surface area contributed by atoms with Gasteiger partial charge in [0.1, 0.15) is 11.7 Å². The first-order valence-corrected chi connectivity index (χ1v) is 16.0. The molecule has 6 rings (SSSR count). The fourth-order valence-electron chi connectivity index (χ4n) is 8.76. The summed E-state index contributed by atoms with van der Waals surface area (Å²) in [7, 11) is -2.71. The molecule has 2 aromatic rings. The average molecular weight is 523 g/mol. The van der Waals surface area contributed by atoms with E-state index in [0.717, 1.165) is 12.8 Å². The molecule has 2 aliphatic carbocycles. The van der Waals surface area contributed by atoms with Crippen LogP contribution in [-0.2, 0) is 13.9 Å². The molecule has 0 bridgehead atoms. The number of aliphatic hydroxyl groups excluding tert-OH is 2. The van der Waals surface area contributed by atoms with Gasteiger partial charge in [-0.2, -0.15) is 0 Å². The highest BCUT2D eigenvalue weighted by atomic mass is 28.4. The Morgan fingerprint density at radius 2 is 1.51 bits per heavy atom. The summed E-state index contributed by atoms with van der Waals surface area (Å²) in [5.41, 5.74) is -1.26. The molecule has 1 spiro atoms. The van der Waals surface area contributed by atoms with Crippen LogP contribution < -0.4 is 10.4 Å². The summed E-state index contributed by atoms with van der Waals surface area (Å²) < 4.78 is 20.5. The number of aliphatic hydroxyl groups is 2.